The molecule has 0 saturated heterocycles. The summed E-state index contributed by atoms with van der Waals surface area (Å²) in [6.45, 7) is -0.241. The average molecular weight is 867 g/mol. The first kappa shape index (κ1) is 36.6. The number of hydrogen-bond donors (Lipinski definition) is 0. The summed E-state index contributed by atoms with van der Waals surface area (Å²) in [6.07, 6.45) is 6.13. The van der Waals surface area contributed by atoms with Crippen molar-refractivity contribution in [1.29, 1.82) is 0 Å². The van der Waals surface area contributed by atoms with Crippen molar-refractivity contribution in [2.45, 2.75) is 0 Å². The minimum absolute atomic E-state index is 0.115. The number of benzene rings is 8. The van der Waals surface area contributed by atoms with Gasteiger partial charge >= 0.3 is 0 Å². The van der Waals surface area contributed by atoms with Crippen LogP contribution in [-0.4, -0.2) is 22.6 Å². The van der Waals surface area contributed by atoms with E-state index in [2.05, 4.69) is 172 Å². The molecule has 3 aromatic heterocycles. The van der Waals surface area contributed by atoms with Gasteiger partial charge in [0.2, 0.25) is 12.7 Å². The van der Waals surface area contributed by atoms with Gasteiger partial charge in [-0.25, -0.2) is 9.13 Å². The molecule has 11 heteroatoms. The largest absolute Gasteiger partial charge is 0.464 e. The molecule has 67 heavy (non-hydrogen) atoms. The van der Waals surface area contributed by atoms with Gasteiger partial charge in [0, 0.05) is 22.1 Å². The predicted molar refractivity (Wildman–Crippen MR) is 261 cm³/mol. The lowest BCUT2D eigenvalue weighted by atomic mass is 9.34. The number of rotatable bonds is 4. The molecule has 0 unspecified atom stereocenters. The van der Waals surface area contributed by atoms with E-state index in [0.29, 0.717) is 0 Å². The summed E-state index contributed by atoms with van der Waals surface area (Å²) in [7, 11) is 4.17. The summed E-state index contributed by atoms with van der Waals surface area (Å²) >= 11 is 0. The van der Waals surface area contributed by atoms with Gasteiger partial charge in [0.05, 0.1) is 20.4 Å². The molecule has 4 aliphatic heterocycles. The van der Waals surface area contributed by atoms with Crippen LogP contribution in [0.3, 0.4) is 0 Å². The number of aryl methyl sites for hydroxylation is 2. The van der Waals surface area contributed by atoms with Gasteiger partial charge < -0.3 is 23.4 Å². The Kier molecular flexibility index (Phi) is 7.34. The van der Waals surface area contributed by atoms with Crippen molar-refractivity contribution in [2.75, 3.05) is 0 Å². The molecular weight excluding hydrogens is 830 g/mol. The molecule has 0 bridgehead atoms. The van der Waals surface area contributed by atoms with Crippen LogP contribution in [0.4, 0.5) is 0 Å². The number of para-hydroxylation sites is 4. The van der Waals surface area contributed by atoms with Gasteiger partial charge in [-0.2, -0.15) is 9.13 Å². The van der Waals surface area contributed by atoms with Gasteiger partial charge in [0.25, 0.3) is 13.4 Å². The molecule has 0 saturated carbocycles. The Balaban J connectivity index is 0.818. The fraction of sp³-hybridized carbons (Fsp3) is 0.0357. The smallest absolute Gasteiger partial charge is 0.260 e. The molecule has 0 N–H and O–H groups in total. The van der Waals surface area contributed by atoms with Crippen molar-refractivity contribution >= 4 is 68.3 Å². The van der Waals surface area contributed by atoms with Crippen LogP contribution in [0.25, 0.3) is 55.9 Å². The minimum atomic E-state index is -0.126. The van der Waals surface area contributed by atoms with Crippen molar-refractivity contribution in [3.8, 4) is 79.8 Å². The Bertz CT molecular complexity index is 3680. The molecule has 0 aliphatic carbocycles. The number of fused-ring (bicyclic) bond motifs is 10. The first-order valence-electron chi connectivity index (χ1n) is 22.5. The third kappa shape index (κ3) is 5.27. The highest BCUT2D eigenvalue weighted by molar-refractivity contribution is 6.99. The highest BCUT2D eigenvalue weighted by atomic mass is 16.5. The van der Waals surface area contributed by atoms with E-state index < -0.39 is 0 Å². The Hall–Kier alpha value is -8.69. The van der Waals surface area contributed by atoms with Gasteiger partial charge in [0.15, 0.2) is 22.1 Å². The van der Waals surface area contributed by atoms with Gasteiger partial charge in [-0.1, -0.05) is 54.6 Å². The summed E-state index contributed by atoms with van der Waals surface area (Å²) in [5.41, 5.74) is 16.0. The maximum absolute atomic E-state index is 6.63. The monoisotopic (exact) mass is 866 g/mol. The second-order valence-electron chi connectivity index (χ2n) is 17.9. The highest BCUT2D eigenvalue weighted by Crippen LogP contribution is 2.39. The number of imidazole rings is 2. The molecule has 0 fully saturated rings. The minimum Gasteiger partial charge on any atom is -0.464 e. The Labute approximate surface area is 385 Å². The first-order chi connectivity index (χ1) is 33.0. The van der Waals surface area contributed by atoms with Crippen LogP contribution < -0.4 is 60.9 Å². The van der Waals surface area contributed by atoms with E-state index in [1.807, 2.05) is 42.7 Å². The van der Waals surface area contributed by atoms with E-state index in [9.17, 15) is 0 Å². The zero-order valence-corrected chi connectivity index (χ0v) is 36.3. The Morgan fingerprint density at radius 2 is 0.821 bits per heavy atom. The van der Waals surface area contributed by atoms with Crippen LogP contribution in [0.15, 0.2) is 187 Å². The van der Waals surface area contributed by atoms with E-state index in [4.69, 9.17) is 23.4 Å². The molecule has 15 rings (SSSR count). The second-order valence-corrected chi connectivity index (χ2v) is 17.9. The summed E-state index contributed by atoms with van der Waals surface area (Å²) in [6, 6.07) is 57.0. The van der Waals surface area contributed by atoms with Crippen LogP contribution in [-0.2, 0) is 14.1 Å². The molecule has 8 aromatic carbocycles. The Morgan fingerprint density at radius 1 is 0.388 bits per heavy atom. The maximum atomic E-state index is 6.63. The predicted octanol–water partition coefficient (Wildman–Crippen LogP) is 7.61. The van der Waals surface area contributed by atoms with E-state index in [0.717, 1.165) is 135 Å². The van der Waals surface area contributed by atoms with Crippen LogP contribution >= 0.6 is 0 Å². The molecule has 7 heterocycles. The SMILES string of the molecule is C[n+]1cn(-c2ccc3c(c2)B2c4cc(-c5coc(-c6ccc7c(c6)B6c8cc(-n9c[n+](C)c%10ccccc%109)ccc8Oc8cccc(c86)O7)c5)ccc4Oc4cccc(c42)O3)c2ccccc21. The number of furan rings is 1. The standard InChI is InChI=1S/C56H36B2N4O5/c1-59-31-61(44-11-5-3-9-42(44)59)36-19-23-48-40(28-36)57-38-25-33(17-21-46(38)64-50-13-7-15-52(66-48)55(50)57)35-27-54(63-30-35)34-18-22-47-39(26-34)58-41-29-37(62-32-60(2)43-10-4-6-12-45(43)62)20-24-49(41)67-53-16-8-14-51(65-47)56(53)58/h3-32H,1-2H3/q+2. The van der Waals surface area contributed by atoms with Gasteiger partial charge in [-0.15, -0.1) is 0 Å². The molecule has 314 valence electrons. The molecule has 0 atom stereocenters. The highest BCUT2D eigenvalue weighted by Gasteiger charge is 2.42. The second kappa shape index (κ2) is 13.4. The number of nitrogens with zero attached hydrogens (tertiary/aromatic N) is 4. The lowest BCUT2D eigenvalue weighted by molar-refractivity contribution is -0.645. The molecule has 4 aliphatic rings. The van der Waals surface area contributed by atoms with Crippen LogP contribution in [0.1, 0.15) is 0 Å². The maximum Gasteiger partial charge on any atom is 0.260 e. The van der Waals surface area contributed by atoms with Gasteiger partial charge in [-0.05, 0) is 137 Å². The fourth-order valence-corrected chi connectivity index (χ4v) is 11.1. The number of ether oxygens (including phenoxy) is 4. The zero-order valence-electron chi connectivity index (χ0n) is 36.3. The van der Waals surface area contributed by atoms with E-state index in [1.54, 1.807) is 0 Å². The third-order valence-corrected chi connectivity index (χ3v) is 14.2. The zero-order chi connectivity index (χ0) is 44.1. The third-order valence-electron chi connectivity index (χ3n) is 14.2. The lowest BCUT2D eigenvalue weighted by Crippen LogP contribution is -2.57. The van der Waals surface area contributed by atoms with Crippen LogP contribution in [0.5, 0.6) is 46.0 Å². The molecule has 11 aromatic rings. The normalized spacial score (nSPS) is 13.3. The molecule has 0 amide bonds. The molecular formula is C56H36B2N4O5+2. The summed E-state index contributed by atoms with van der Waals surface area (Å²) in [4.78, 5) is 0. The number of hydrogen-bond acceptors (Lipinski definition) is 5. The first-order valence-corrected chi connectivity index (χ1v) is 22.5. The van der Waals surface area contributed by atoms with Gasteiger partial charge in [0.1, 0.15) is 63.1 Å². The fourth-order valence-electron chi connectivity index (χ4n) is 11.1. The van der Waals surface area contributed by atoms with Crippen molar-refractivity contribution in [2.24, 2.45) is 14.1 Å². The Morgan fingerprint density at radius 3 is 1.33 bits per heavy atom. The number of aromatic nitrogens is 4. The summed E-state index contributed by atoms with van der Waals surface area (Å²) in [5, 5.41) is 0. The lowest BCUT2D eigenvalue weighted by Gasteiger charge is -2.33. The molecule has 9 nitrogen and oxygen atoms in total. The van der Waals surface area contributed by atoms with E-state index in [1.165, 1.54) is 0 Å². The van der Waals surface area contributed by atoms with Crippen LogP contribution in [0.2, 0.25) is 0 Å². The van der Waals surface area contributed by atoms with E-state index in [-0.39, 0.29) is 13.4 Å². The average Bonchev–Trinajstić information content (AvgIpc) is 4.09. The van der Waals surface area contributed by atoms with Crippen LogP contribution in [0, 0.1) is 0 Å². The van der Waals surface area contributed by atoms with Crippen molar-refractivity contribution in [1.82, 2.24) is 9.13 Å². The molecule has 0 spiro atoms. The topological polar surface area (TPSA) is 67.7 Å². The van der Waals surface area contributed by atoms with Crippen molar-refractivity contribution in [3.05, 3.63) is 183 Å². The molecule has 0 radical (unpaired) electrons. The quantitative estimate of drug-likeness (QED) is 0.135. The van der Waals surface area contributed by atoms with E-state index >= 15 is 0 Å². The summed E-state index contributed by atoms with van der Waals surface area (Å²) in [5.74, 6) is 7.30. The summed E-state index contributed by atoms with van der Waals surface area (Å²) < 4.78 is 41.8. The van der Waals surface area contributed by atoms with Gasteiger partial charge in [-0.3, -0.25) is 0 Å². The van der Waals surface area contributed by atoms with Crippen molar-refractivity contribution < 1.29 is 32.5 Å². The van der Waals surface area contributed by atoms with Crippen molar-refractivity contribution in [3.63, 3.8) is 0 Å².